The summed E-state index contributed by atoms with van der Waals surface area (Å²) in [5.74, 6) is -2.03. The fourth-order valence-electron chi connectivity index (χ4n) is 4.95. The van der Waals surface area contributed by atoms with Crippen molar-refractivity contribution < 1.29 is 31.5 Å². The third kappa shape index (κ3) is 6.60. The number of nitrogens with zero attached hydrogens (tertiary/aromatic N) is 1. The van der Waals surface area contributed by atoms with Crippen molar-refractivity contribution in [3.63, 3.8) is 0 Å². The average Bonchev–Trinajstić information content (AvgIpc) is 3.31. The minimum Gasteiger partial charge on any atom is -0.480 e. The molecule has 0 aliphatic carbocycles. The molecule has 1 amide bonds. The summed E-state index contributed by atoms with van der Waals surface area (Å²) in [4.78, 5) is 25.6. The number of amides is 1. The zero-order valence-electron chi connectivity index (χ0n) is 22.2. The van der Waals surface area contributed by atoms with E-state index in [1.165, 1.54) is 31.2 Å². The van der Waals surface area contributed by atoms with Crippen LogP contribution < -0.4 is 5.32 Å². The lowest BCUT2D eigenvalue weighted by atomic mass is 9.97. The largest absolute Gasteiger partial charge is 0.480 e. The van der Waals surface area contributed by atoms with Crippen LogP contribution >= 0.6 is 23.2 Å². The SMILES string of the molecule is C[C@@]1(C(=O)NC(Cc2ccc(-c3ccccc3S(C)(=O)=O)cc2)C(=O)O)CCCN1S(=O)(=O)c1cc(Cl)cc(Cl)c1. The highest BCUT2D eigenvalue weighted by Crippen LogP contribution is 2.36. The second-order valence-corrected chi connectivity index (χ2v) is 14.8. The molecule has 1 heterocycles. The molecule has 41 heavy (non-hydrogen) atoms. The lowest BCUT2D eigenvalue weighted by Gasteiger charge is -2.34. The summed E-state index contributed by atoms with van der Waals surface area (Å²) in [7, 11) is -7.65. The summed E-state index contributed by atoms with van der Waals surface area (Å²) in [6.07, 6.45) is 1.63. The third-order valence-corrected chi connectivity index (χ3v) is 10.7. The molecule has 2 N–H and O–H groups in total. The zero-order chi connectivity index (χ0) is 30.2. The van der Waals surface area contributed by atoms with E-state index in [2.05, 4.69) is 5.32 Å². The third-order valence-electron chi connectivity index (χ3n) is 7.08. The van der Waals surface area contributed by atoms with E-state index in [1.54, 1.807) is 42.5 Å². The molecular weight excluding hydrogens is 611 g/mol. The quantitative estimate of drug-likeness (QED) is 0.354. The Morgan fingerprint density at radius 2 is 1.61 bits per heavy atom. The summed E-state index contributed by atoms with van der Waals surface area (Å²) in [6.45, 7) is 1.52. The normalized spacial score (nSPS) is 18.6. The van der Waals surface area contributed by atoms with Gasteiger partial charge in [-0.2, -0.15) is 4.31 Å². The van der Waals surface area contributed by atoms with E-state index in [0.717, 1.165) is 10.6 Å². The molecular formula is C28H28Cl2N2O7S2. The van der Waals surface area contributed by atoms with Gasteiger partial charge in [-0.25, -0.2) is 21.6 Å². The van der Waals surface area contributed by atoms with E-state index in [1.807, 2.05) is 0 Å². The van der Waals surface area contributed by atoms with E-state index in [-0.39, 0.29) is 39.2 Å². The van der Waals surface area contributed by atoms with Gasteiger partial charge in [0.25, 0.3) is 0 Å². The molecule has 3 aromatic rings. The first kappa shape index (κ1) is 31.0. The molecule has 0 spiro atoms. The van der Waals surface area contributed by atoms with Crippen LogP contribution in [0.1, 0.15) is 25.3 Å². The first-order chi connectivity index (χ1) is 19.1. The number of sulfone groups is 1. The lowest BCUT2D eigenvalue weighted by Crippen LogP contribution is -2.58. The van der Waals surface area contributed by atoms with E-state index in [0.29, 0.717) is 23.1 Å². The van der Waals surface area contributed by atoms with Crippen molar-refractivity contribution >= 4 is 54.9 Å². The van der Waals surface area contributed by atoms with Crippen LogP contribution in [-0.4, -0.2) is 62.5 Å². The molecule has 1 unspecified atom stereocenters. The zero-order valence-corrected chi connectivity index (χ0v) is 25.3. The topological polar surface area (TPSA) is 138 Å². The number of nitrogens with one attached hydrogen (secondary N) is 1. The summed E-state index contributed by atoms with van der Waals surface area (Å²) in [5.41, 5.74) is 0.181. The highest BCUT2D eigenvalue weighted by molar-refractivity contribution is 7.90. The molecule has 218 valence electrons. The Hall–Kier alpha value is -2.96. The number of hydrogen-bond acceptors (Lipinski definition) is 6. The molecule has 4 rings (SSSR count). The first-order valence-electron chi connectivity index (χ1n) is 12.5. The average molecular weight is 640 g/mol. The van der Waals surface area contributed by atoms with Crippen LogP contribution in [0.15, 0.2) is 76.5 Å². The van der Waals surface area contributed by atoms with Crippen LogP contribution in [0, 0.1) is 0 Å². The first-order valence-corrected chi connectivity index (χ1v) is 16.6. The molecule has 3 aromatic carbocycles. The number of benzene rings is 3. The number of sulfonamides is 1. The van der Waals surface area contributed by atoms with Crippen LogP contribution in [0.2, 0.25) is 10.0 Å². The number of carbonyl (C=O) groups excluding carboxylic acids is 1. The van der Waals surface area contributed by atoms with Crippen molar-refractivity contribution in [2.24, 2.45) is 0 Å². The number of carboxylic acid groups (broad SMARTS) is 1. The molecule has 1 saturated heterocycles. The van der Waals surface area contributed by atoms with E-state index in [4.69, 9.17) is 23.2 Å². The number of carbonyl (C=O) groups is 2. The Balaban J connectivity index is 1.55. The van der Waals surface area contributed by atoms with Gasteiger partial charge in [0.2, 0.25) is 15.9 Å². The van der Waals surface area contributed by atoms with Crippen molar-refractivity contribution in [1.29, 1.82) is 0 Å². The van der Waals surface area contributed by atoms with E-state index < -0.39 is 43.3 Å². The number of hydrogen-bond donors (Lipinski definition) is 2. The molecule has 1 aliphatic rings. The van der Waals surface area contributed by atoms with Crippen molar-refractivity contribution in [3.05, 3.63) is 82.3 Å². The highest BCUT2D eigenvalue weighted by atomic mass is 35.5. The van der Waals surface area contributed by atoms with Crippen molar-refractivity contribution in [3.8, 4) is 11.1 Å². The standard InChI is InChI=1S/C28H28Cl2N2O7S2/c1-28(12-5-13-32(28)41(38,39)22-16-20(29)15-21(30)17-22)27(35)31-24(26(33)34)14-18-8-10-19(11-9-18)23-6-3-4-7-25(23)40(2,36)37/h3-4,6-11,15-17,24H,5,12-14H2,1-2H3,(H,31,35)(H,33,34)/t24?,28-/m0/s1. The molecule has 13 heteroatoms. The maximum Gasteiger partial charge on any atom is 0.326 e. The lowest BCUT2D eigenvalue weighted by molar-refractivity contribution is -0.143. The second-order valence-electron chi connectivity index (χ2n) is 10.1. The van der Waals surface area contributed by atoms with Gasteiger partial charge in [-0.05, 0) is 55.2 Å². The fourth-order valence-corrected chi connectivity index (χ4v) is 8.40. The van der Waals surface area contributed by atoms with Gasteiger partial charge < -0.3 is 10.4 Å². The summed E-state index contributed by atoms with van der Waals surface area (Å²) >= 11 is 12.0. The van der Waals surface area contributed by atoms with Gasteiger partial charge >= 0.3 is 5.97 Å². The number of halogens is 2. The Kier molecular flexibility index (Phi) is 8.87. The molecule has 0 bridgehead atoms. The van der Waals surface area contributed by atoms with Gasteiger partial charge in [0.05, 0.1) is 9.79 Å². The predicted octanol–water partition coefficient (Wildman–Crippen LogP) is 4.42. The highest BCUT2D eigenvalue weighted by Gasteiger charge is 2.50. The van der Waals surface area contributed by atoms with E-state index >= 15 is 0 Å². The Morgan fingerprint density at radius 1 is 1.00 bits per heavy atom. The van der Waals surface area contributed by atoms with Gasteiger partial charge in [-0.15, -0.1) is 0 Å². The Labute approximate surface area is 249 Å². The summed E-state index contributed by atoms with van der Waals surface area (Å²) in [5, 5.41) is 12.7. The second kappa shape index (κ2) is 11.7. The molecule has 0 aromatic heterocycles. The number of carboxylic acids is 1. The van der Waals surface area contributed by atoms with E-state index in [9.17, 15) is 31.5 Å². The van der Waals surface area contributed by atoms with Gasteiger partial charge in [0.15, 0.2) is 9.84 Å². The van der Waals surface area contributed by atoms with Crippen LogP contribution in [-0.2, 0) is 35.9 Å². The molecule has 1 aliphatic heterocycles. The van der Waals surface area contributed by atoms with Crippen LogP contribution in [0.25, 0.3) is 11.1 Å². The Bertz CT molecular complexity index is 1690. The molecule has 2 atom stereocenters. The maximum absolute atomic E-state index is 13.5. The van der Waals surface area contributed by atoms with Gasteiger partial charge in [-0.3, -0.25) is 4.79 Å². The predicted molar refractivity (Wildman–Crippen MR) is 156 cm³/mol. The van der Waals surface area contributed by atoms with Gasteiger partial charge in [-0.1, -0.05) is 65.7 Å². The molecule has 9 nitrogen and oxygen atoms in total. The minimum absolute atomic E-state index is 0.0601. The monoisotopic (exact) mass is 638 g/mol. The Morgan fingerprint density at radius 3 is 2.20 bits per heavy atom. The summed E-state index contributed by atoms with van der Waals surface area (Å²) < 4.78 is 52.4. The molecule has 1 fully saturated rings. The molecule has 0 radical (unpaired) electrons. The number of aliphatic carboxylic acids is 1. The van der Waals surface area contributed by atoms with Crippen LogP contribution in [0.4, 0.5) is 0 Å². The van der Waals surface area contributed by atoms with Crippen molar-refractivity contribution in [2.45, 2.75) is 47.6 Å². The minimum atomic E-state index is -4.18. The number of rotatable bonds is 9. The summed E-state index contributed by atoms with van der Waals surface area (Å²) in [6, 6.07) is 15.8. The molecule has 0 saturated carbocycles. The fraction of sp³-hybridized carbons (Fsp3) is 0.286. The van der Waals surface area contributed by atoms with Gasteiger partial charge in [0, 0.05) is 34.8 Å². The van der Waals surface area contributed by atoms with Crippen molar-refractivity contribution in [2.75, 3.05) is 12.8 Å². The smallest absolute Gasteiger partial charge is 0.326 e. The van der Waals surface area contributed by atoms with Crippen molar-refractivity contribution in [1.82, 2.24) is 9.62 Å². The van der Waals surface area contributed by atoms with Crippen LogP contribution in [0.3, 0.4) is 0 Å². The van der Waals surface area contributed by atoms with Gasteiger partial charge in [0.1, 0.15) is 11.6 Å². The maximum atomic E-state index is 13.5. The van der Waals surface area contributed by atoms with Crippen LogP contribution in [0.5, 0.6) is 0 Å².